The first-order valence-corrected chi connectivity index (χ1v) is 12.4. The lowest BCUT2D eigenvalue weighted by Crippen LogP contribution is -2.32. The Morgan fingerprint density at radius 3 is 2.59 bits per heavy atom. The molecule has 3 atom stereocenters. The van der Waals surface area contributed by atoms with E-state index in [2.05, 4.69) is 11.5 Å². The van der Waals surface area contributed by atoms with Gasteiger partial charge < -0.3 is 4.74 Å². The smallest absolute Gasteiger partial charge is 0.418 e. The molecule has 0 unspecified atom stereocenters. The minimum absolute atomic E-state index is 0.0652. The van der Waals surface area contributed by atoms with Gasteiger partial charge in [-0.15, -0.1) is 6.58 Å². The molecule has 7 heteroatoms. The normalized spacial score (nSPS) is 23.0. The Morgan fingerprint density at radius 2 is 1.88 bits per heavy atom. The molecule has 0 spiro atoms. The van der Waals surface area contributed by atoms with Crippen molar-refractivity contribution in [2.24, 2.45) is 5.92 Å². The number of carbonyl (C=O) groups is 1. The summed E-state index contributed by atoms with van der Waals surface area (Å²) < 4.78 is 34.0. The molecule has 32 heavy (non-hydrogen) atoms. The van der Waals surface area contributed by atoms with Crippen molar-refractivity contribution < 1.29 is 17.9 Å². The first-order valence-electron chi connectivity index (χ1n) is 10.8. The molecule has 1 saturated heterocycles. The topological polar surface area (TPSA) is 68.6 Å². The van der Waals surface area contributed by atoms with E-state index in [4.69, 9.17) is 4.74 Å². The summed E-state index contributed by atoms with van der Waals surface area (Å²) in [5.41, 5.74) is 2.78. The van der Waals surface area contributed by atoms with Crippen LogP contribution < -0.4 is 0 Å². The molecule has 1 aliphatic carbocycles. The third-order valence-corrected chi connectivity index (χ3v) is 9.13. The van der Waals surface area contributed by atoms with Crippen LogP contribution in [0.2, 0.25) is 0 Å². The second kappa shape index (κ2) is 7.90. The summed E-state index contributed by atoms with van der Waals surface area (Å²) in [6, 6.07) is 16.4. The molecule has 2 aliphatic rings. The van der Waals surface area contributed by atoms with Gasteiger partial charge in [0.25, 0.3) is 0 Å². The van der Waals surface area contributed by atoms with Gasteiger partial charge in [0, 0.05) is 30.2 Å². The minimum atomic E-state index is -3.50. The second-order valence-corrected chi connectivity index (χ2v) is 10.6. The Bertz CT molecular complexity index is 1300. The first kappa shape index (κ1) is 21.0. The van der Waals surface area contributed by atoms with Crippen molar-refractivity contribution in [1.29, 1.82) is 0 Å². The van der Waals surface area contributed by atoms with Crippen LogP contribution in [0.25, 0.3) is 10.9 Å². The zero-order chi connectivity index (χ0) is 22.5. The lowest BCUT2D eigenvalue weighted by molar-refractivity contribution is 0.172. The highest BCUT2D eigenvalue weighted by molar-refractivity contribution is 7.92. The maximum atomic E-state index is 13.6. The maximum Gasteiger partial charge on any atom is 0.418 e. The minimum Gasteiger partial charge on any atom is -0.452 e. The van der Waals surface area contributed by atoms with Crippen LogP contribution in [0.1, 0.15) is 23.7 Å². The number of para-hydroxylation sites is 1. The van der Waals surface area contributed by atoms with Crippen molar-refractivity contribution in [3.8, 4) is 0 Å². The Kier molecular flexibility index (Phi) is 5.18. The summed E-state index contributed by atoms with van der Waals surface area (Å²) in [5, 5.41) is 0.470. The fraction of sp³-hybridized carbons (Fsp3) is 0.320. The van der Waals surface area contributed by atoms with Gasteiger partial charge >= 0.3 is 6.09 Å². The fourth-order valence-electron chi connectivity index (χ4n) is 5.66. The van der Waals surface area contributed by atoms with Gasteiger partial charge in [-0.25, -0.2) is 17.8 Å². The highest BCUT2D eigenvalue weighted by atomic mass is 32.2. The van der Waals surface area contributed by atoms with E-state index in [0.29, 0.717) is 30.8 Å². The maximum absolute atomic E-state index is 13.6. The monoisotopic (exact) mass is 450 g/mol. The number of sulfone groups is 1. The number of aromatic nitrogens is 1. The van der Waals surface area contributed by atoms with E-state index in [1.807, 2.05) is 36.4 Å². The Hall–Kier alpha value is -2.90. The first-order chi connectivity index (χ1) is 15.5. The van der Waals surface area contributed by atoms with E-state index in [-0.39, 0.29) is 12.0 Å². The van der Waals surface area contributed by atoms with Gasteiger partial charge in [-0.3, -0.25) is 4.90 Å². The summed E-state index contributed by atoms with van der Waals surface area (Å²) in [5.74, 6) is -0.0652. The van der Waals surface area contributed by atoms with Crippen molar-refractivity contribution in [2.45, 2.75) is 29.0 Å². The lowest BCUT2D eigenvalue weighted by Gasteiger charge is -2.33. The van der Waals surface area contributed by atoms with Gasteiger partial charge in [-0.2, -0.15) is 0 Å². The average molecular weight is 451 g/mol. The van der Waals surface area contributed by atoms with Crippen LogP contribution in [0.15, 0.2) is 72.1 Å². The number of ether oxygens (including phenoxy) is 1. The molecule has 166 valence electrons. The SMILES string of the molecule is C=CCN1C[C@@H](S(=O)(=O)c2ccccc2)[C@@H]2CCc3c(c4ccccc4n3C(=O)OC)[C@@H]21. The Labute approximate surface area is 188 Å². The second-order valence-electron chi connectivity index (χ2n) is 8.47. The number of likely N-dealkylation sites (tertiary alicyclic amines) is 1. The number of benzene rings is 2. The standard InChI is InChI=1S/C25H26N2O4S/c1-3-15-26-16-22(32(29,30)17-9-5-4-6-10-17)19-13-14-21-23(24(19)26)18-11-7-8-12-20(18)27(21)25(28)31-2/h3-12,19,22,24H,1,13-16H2,2H3/t19-,22+,24+/m0/s1. The third kappa shape index (κ3) is 3.03. The number of nitrogens with zero attached hydrogens (tertiary/aromatic N) is 2. The highest BCUT2D eigenvalue weighted by Crippen LogP contribution is 2.51. The quantitative estimate of drug-likeness (QED) is 0.557. The van der Waals surface area contributed by atoms with Gasteiger partial charge in [0.1, 0.15) is 0 Å². The van der Waals surface area contributed by atoms with Crippen molar-refractivity contribution in [3.63, 3.8) is 0 Å². The van der Waals surface area contributed by atoms with Gasteiger partial charge in [0.2, 0.25) is 0 Å². The van der Waals surface area contributed by atoms with Crippen molar-refractivity contribution >= 4 is 26.8 Å². The Morgan fingerprint density at radius 1 is 1.16 bits per heavy atom. The van der Waals surface area contributed by atoms with Crippen molar-refractivity contribution in [3.05, 3.63) is 78.5 Å². The molecule has 0 amide bonds. The van der Waals surface area contributed by atoms with Crippen LogP contribution >= 0.6 is 0 Å². The van der Waals surface area contributed by atoms with E-state index in [1.165, 1.54) is 7.11 Å². The van der Waals surface area contributed by atoms with Crippen LogP contribution in [0.4, 0.5) is 4.79 Å². The van der Waals surface area contributed by atoms with E-state index < -0.39 is 21.2 Å². The van der Waals surface area contributed by atoms with E-state index in [0.717, 1.165) is 22.2 Å². The number of rotatable bonds is 4. The molecule has 1 aromatic heterocycles. The van der Waals surface area contributed by atoms with Gasteiger partial charge in [-0.1, -0.05) is 42.5 Å². The molecule has 6 nitrogen and oxygen atoms in total. The molecule has 3 aromatic rings. The predicted octanol–water partition coefficient (Wildman–Crippen LogP) is 4.20. The fourth-order valence-corrected chi connectivity index (χ4v) is 7.68. The zero-order valence-corrected chi connectivity index (χ0v) is 18.8. The molecule has 1 fully saturated rings. The van der Waals surface area contributed by atoms with E-state index in [9.17, 15) is 13.2 Å². The van der Waals surface area contributed by atoms with Crippen molar-refractivity contribution in [1.82, 2.24) is 9.47 Å². The largest absolute Gasteiger partial charge is 0.452 e. The van der Waals surface area contributed by atoms with Crippen LogP contribution in [-0.2, 0) is 21.0 Å². The predicted molar refractivity (Wildman–Crippen MR) is 123 cm³/mol. The number of carbonyl (C=O) groups excluding carboxylic acids is 1. The van der Waals surface area contributed by atoms with Gasteiger partial charge in [-0.05, 0) is 42.5 Å². The summed E-state index contributed by atoms with van der Waals surface area (Å²) in [6.07, 6.45) is 2.73. The summed E-state index contributed by atoms with van der Waals surface area (Å²) in [6.45, 7) is 4.92. The van der Waals surface area contributed by atoms with E-state index in [1.54, 1.807) is 28.8 Å². The molecule has 1 aliphatic heterocycles. The average Bonchev–Trinajstić information content (AvgIpc) is 3.35. The van der Waals surface area contributed by atoms with E-state index >= 15 is 0 Å². The zero-order valence-electron chi connectivity index (χ0n) is 18.0. The number of fused-ring (bicyclic) bond motifs is 5. The van der Waals surface area contributed by atoms with Crippen molar-refractivity contribution in [2.75, 3.05) is 20.2 Å². The number of methoxy groups -OCH3 is 1. The molecule has 0 radical (unpaired) electrons. The summed E-state index contributed by atoms with van der Waals surface area (Å²) in [4.78, 5) is 15.3. The number of hydrogen-bond donors (Lipinski definition) is 0. The third-order valence-electron chi connectivity index (χ3n) is 6.91. The molecule has 2 aromatic carbocycles. The molecular formula is C25H26N2O4S. The van der Waals surface area contributed by atoms with Crippen LogP contribution in [0, 0.1) is 5.92 Å². The molecular weight excluding hydrogens is 424 g/mol. The lowest BCUT2D eigenvalue weighted by atomic mass is 9.82. The molecule has 5 rings (SSSR count). The van der Waals surface area contributed by atoms with Gasteiger partial charge in [0.15, 0.2) is 9.84 Å². The summed E-state index contributed by atoms with van der Waals surface area (Å²) >= 11 is 0. The molecule has 0 N–H and O–H groups in total. The molecule has 0 bridgehead atoms. The van der Waals surface area contributed by atoms with Crippen LogP contribution in [0.3, 0.4) is 0 Å². The van der Waals surface area contributed by atoms with Gasteiger partial charge in [0.05, 0.1) is 22.8 Å². The Balaban J connectivity index is 1.68. The summed E-state index contributed by atoms with van der Waals surface area (Å²) in [7, 11) is -2.12. The highest BCUT2D eigenvalue weighted by Gasteiger charge is 2.51. The number of hydrogen-bond acceptors (Lipinski definition) is 5. The molecule has 0 saturated carbocycles. The molecule has 2 heterocycles. The van der Waals surface area contributed by atoms with Crippen LogP contribution in [-0.4, -0.2) is 49.4 Å². The van der Waals surface area contributed by atoms with Crippen LogP contribution in [0.5, 0.6) is 0 Å².